The smallest absolute Gasteiger partial charge is 0.154 e. The van der Waals surface area contributed by atoms with Crippen molar-refractivity contribution >= 4 is 17.4 Å². The van der Waals surface area contributed by atoms with Crippen molar-refractivity contribution < 1.29 is 9.18 Å². The zero-order valence-electron chi connectivity index (χ0n) is 8.54. The molecular formula is C12H11ClFNO. The quantitative estimate of drug-likeness (QED) is 0.816. The van der Waals surface area contributed by atoms with Crippen LogP contribution in [0.25, 0.3) is 0 Å². The monoisotopic (exact) mass is 239 g/mol. The third-order valence-electron chi connectivity index (χ3n) is 2.13. The summed E-state index contributed by atoms with van der Waals surface area (Å²) in [6, 6.07) is 3.43. The lowest BCUT2D eigenvalue weighted by atomic mass is 10.0. The Morgan fingerprint density at radius 1 is 1.62 bits per heavy atom. The first-order chi connectivity index (χ1) is 7.54. The fourth-order valence-electron chi connectivity index (χ4n) is 1.22. The summed E-state index contributed by atoms with van der Waals surface area (Å²) in [6.07, 6.45) is 5.13. The number of nitrogens with two attached hydrogens (primary N) is 1. The predicted octanol–water partition coefficient (Wildman–Crippen LogP) is 1.94. The van der Waals surface area contributed by atoms with Gasteiger partial charge in [-0.1, -0.05) is 17.7 Å². The van der Waals surface area contributed by atoms with E-state index in [1.54, 1.807) is 0 Å². The van der Waals surface area contributed by atoms with Crippen LogP contribution in [0.2, 0.25) is 5.02 Å². The van der Waals surface area contributed by atoms with Gasteiger partial charge in [-0.05, 0) is 17.7 Å². The molecule has 1 unspecified atom stereocenters. The Kier molecular flexibility index (Phi) is 4.48. The molecule has 0 saturated carbocycles. The van der Waals surface area contributed by atoms with Crippen molar-refractivity contribution in [2.45, 2.75) is 18.9 Å². The van der Waals surface area contributed by atoms with Crippen LogP contribution in [0.1, 0.15) is 12.0 Å². The molecule has 0 aliphatic rings. The molecule has 0 fully saturated rings. The third-order valence-corrected chi connectivity index (χ3v) is 2.37. The van der Waals surface area contributed by atoms with Gasteiger partial charge in [-0.15, -0.1) is 12.3 Å². The average molecular weight is 240 g/mol. The maximum Gasteiger partial charge on any atom is 0.154 e. The number of rotatable bonds is 4. The molecule has 1 aromatic rings. The van der Waals surface area contributed by atoms with Crippen molar-refractivity contribution in [1.29, 1.82) is 0 Å². The van der Waals surface area contributed by atoms with E-state index in [9.17, 15) is 9.18 Å². The topological polar surface area (TPSA) is 43.1 Å². The molecule has 0 heterocycles. The van der Waals surface area contributed by atoms with Crippen molar-refractivity contribution in [3.8, 4) is 12.3 Å². The van der Waals surface area contributed by atoms with Gasteiger partial charge in [0.2, 0.25) is 0 Å². The minimum absolute atomic E-state index is 0.0636. The Hall–Kier alpha value is -1.37. The van der Waals surface area contributed by atoms with Crippen LogP contribution in [0, 0.1) is 18.2 Å². The summed E-state index contributed by atoms with van der Waals surface area (Å²) in [7, 11) is 0. The van der Waals surface area contributed by atoms with Crippen LogP contribution in [0.4, 0.5) is 4.39 Å². The maximum absolute atomic E-state index is 13.3. The molecule has 0 radical (unpaired) electrons. The highest BCUT2D eigenvalue weighted by Gasteiger charge is 2.15. The molecule has 2 nitrogen and oxygen atoms in total. The first-order valence-electron chi connectivity index (χ1n) is 4.70. The minimum atomic E-state index is -0.736. The summed E-state index contributed by atoms with van der Waals surface area (Å²) < 4.78 is 13.3. The SMILES string of the molecule is C#CCC(N)C(=O)Cc1ccc(Cl)cc1F. The standard InChI is InChI=1S/C12H11ClFNO/c1-2-3-11(15)12(16)6-8-4-5-9(13)7-10(8)14/h1,4-5,7,11H,3,6,15H2. The number of carbonyl (C=O) groups excluding carboxylic acids is 1. The van der Waals surface area contributed by atoms with Crippen LogP contribution < -0.4 is 5.73 Å². The highest BCUT2D eigenvalue weighted by Crippen LogP contribution is 2.15. The zero-order chi connectivity index (χ0) is 12.1. The van der Waals surface area contributed by atoms with E-state index in [0.717, 1.165) is 6.07 Å². The van der Waals surface area contributed by atoms with Gasteiger partial charge in [-0.25, -0.2) is 4.39 Å². The molecule has 84 valence electrons. The lowest BCUT2D eigenvalue weighted by Crippen LogP contribution is -2.31. The van der Waals surface area contributed by atoms with Crippen molar-refractivity contribution in [2.24, 2.45) is 5.73 Å². The Bertz CT molecular complexity index is 439. The summed E-state index contributed by atoms with van der Waals surface area (Å²) in [4.78, 5) is 11.5. The second-order valence-electron chi connectivity index (χ2n) is 3.39. The number of hydrogen-bond acceptors (Lipinski definition) is 2. The van der Waals surface area contributed by atoms with Gasteiger partial charge in [-0.3, -0.25) is 4.79 Å². The average Bonchev–Trinajstić information content (AvgIpc) is 2.22. The molecule has 1 atom stereocenters. The summed E-state index contributed by atoms with van der Waals surface area (Å²) in [5, 5.41) is 0.293. The summed E-state index contributed by atoms with van der Waals surface area (Å²) in [5.41, 5.74) is 5.79. The number of ketones is 1. The number of halogens is 2. The first kappa shape index (κ1) is 12.7. The van der Waals surface area contributed by atoms with Gasteiger partial charge in [0.25, 0.3) is 0 Å². The fourth-order valence-corrected chi connectivity index (χ4v) is 1.38. The summed E-state index contributed by atoms with van der Waals surface area (Å²) in [5.74, 6) is 1.51. The molecular weight excluding hydrogens is 229 g/mol. The van der Waals surface area contributed by atoms with Crippen molar-refractivity contribution in [1.82, 2.24) is 0 Å². The molecule has 0 aromatic heterocycles. The van der Waals surface area contributed by atoms with Crippen LogP contribution in [0.5, 0.6) is 0 Å². The van der Waals surface area contributed by atoms with Crippen LogP contribution >= 0.6 is 11.6 Å². The molecule has 1 rings (SSSR count). The molecule has 16 heavy (non-hydrogen) atoms. The van der Waals surface area contributed by atoms with Crippen LogP contribution in [-0.4, -0.2) is 11.8 Å². The number of benzene rings is 1. The molecule has 0 bridgehead atoms. The van der Waals surface area contributed by atoms with E-state index in [2.05, 4.69) is 5.92 Å². The van der Waals surface area contributed by atoms with E-state index in [0.29, 0.717) is 5.02 Å². The normalized spacial score (nSPS) is 11.9. The lowest BCUT2D eigenvalue weighted by Gasteiger charge is -2.07. The van der Waals surface area contributed by atoms with Crippen molar-refractivity contribution in [3.63, 3.8) is 0 Å². The van der Waals surface area contributed by atoms with E-state index in [4.69, 9.17) is 23.8 Å². The molecule has 2 N–H and O–H groups in total. The van der Waals surface area contributed by atoms with Gasteiger partial charge in [0.1, 0.15) is 5.82 Å². The van der Waals surface area contributed by atoms with Crippen LogP contribution in [0.3, 0.4) is 0 Å². The van der Waals surface area contributed by atoms with Crippen molar-refractivity contribution in [3.05, 3.63) is 34.6 Å². The van der Waals surface area contributed by atoms with E-state index in [1.807, 2.05) is 0 Å². The highest BCUT2D eigenvalue weighted by molar-refractivity contribution is 6.30. The third kappa shape index (κ3) is 3.34. The predicted molar refractivity (Wildman–Crippen MR) is 61.5 cm³/mol. The van der Waals surface area contributed by atoms with Gasteiger partial charge < -0.3 is 5.73 Å². The lowest BCUT2D eigenvalue weighted by molar-refractivity contribution is -0.119. The number of Topliss-reactive ketones (excluding diaryl/α,β-unsaturated/α-hetero) is 1. The fraction of sp³-hybridized carbons (Fsp3) is 0.250. The van der Waals surface area contributed by atoms with Crippen LogP contribution in [0.15, 0.2) is 18.2 Å². The summed E-state index contributed by atoms with van der Waals surface area (Å²) >= 11 is 5.59. The van der Waals surface area contributed by atoms with Gasteiger partial charge in [0, 0.05) is 17.9 Å². The van der Waals surface area contributed by atoms with Gasteiger partial charge >= 0.3 is 0 Å². The van der Waals surface area contributed by atoms with Crippen molar-refractivity contribution in [2.75, 3.05) is 0 Å². The Balaban J connectivity index is 2.74. The Morgan fingerprint density at radius 3 is 2.88 bits per heavy atom. The molecule has 0 spiro atoms. The molecule has 0 aliphatic carbocycles. The van der Waals surface area contributed by atoms with Gasteiger partial charge in [0.15, 0.2) is 5.78 Å². The second-order valence-corrected chi connectivity index (χ2v) is 3.83. The molecule has 1 aromatic carbocycles. The molecule has 4 heteroatoms. The Morgan fingerprint density at radius 2 is 2.31 bits per heavy atom. The molecule has 0 aliphatic heterocycles. The van der Waals surface area contributed by atoms with E-state index in [1.165, 1.54) is 12.1 Å². The number of carbonyl (C=O) groups is 1. The number of terminal acetylenes is 1. The highest BCUT2D eigenvalue weighted by atomic mass is 35.5. The van der Waals surface area contributed by atoms with E-state index >= 15 is 0 Å². The minimum Gasteiger partial charge on any atom is -0.321 e. The zero-order valence-corrected chi connectivity index (χ0v) is 9.30. The largest absolute Gasteiger partial charge is 0.321 e. The number of hydrogen-bond donors (Lipinski definition) is 1. The van der Waals surface area contributed by atoms with Gasteiger partial charge in [0.05, 0.1) is 6.04 Å². The summed E-state index contributed by atoms with van der Waals surface area (Å²) in [6.45, 7) is 0. The van der Waals surface area contributed by atoms with E-state index in [-0.39, 0.29) is 24.2 Å². The van der Waals surface area contributed by atoms with E-state index < -0.39 is 11.9 Å². The maximum atomic E-state index is 13.3. The molecule has 0 amide bonds. The van der Waals surface area contributed by atoms with Gasteiger partial charge in [-0.2, -0.15) is 0 Å². The Labute approximate surface area is 98.6 Å². The first-order valence-corrected chi connectivity index (χ1v) is 5.08. The molecule has 0 saturated heterocycles. The second kappa shape index (κ2) is 5.64. The van der Waals surface area contributed by atoms with Crippen LogP contribution in [-0.2, 0) is 11.2 Å².